The Labute approximate surface area is 174 Å². The number of rotatable bonds is 5. The van der Waals surface area contributed by atoms with Crippen LogP contribution in [0.5, 0.6) is 5.75 Å². The standard InChI is InChI=1S/C22H29F3N2O3/c1-14(2)17-10-9-15(3)11-19(17)30-13-20(28)27-21(29,22(23,24)25)12-18(26-27)16-7-5-4-6-8-16/h9-11,14,16,29H,4-8,12-13H2,1-3H3/t21-/m0/s1. The van der Waals surface area contributed by atoms with Crippen molar-refractivity contribution in [2.75, 3.05) is 6.61 Å². The molecule has 1 heterocycles. The molecular formula is C22H29F3N2O3. The van der Waals surface area contributed by atoms with Gasteiger partial charge in [0, 0.05) is 12.1 Å². The van der Waals surface area contributed by atoms with Gasteiger partial charge in [0.25, 0.3) is 11.6 Å². The second kappa shape index (κ2) is 8.57. The summed E-state index contributed by atoms with van der Waals surface area (Å²) in [5.74, 6) is -0.581. The largest absolute Gasteiger partial charge is 0.483 e. The molecule has 1 atom stereocenters. The molecule has 1 amide bonds. The minimum atomic E-state index is -5.02. The molecule has 0 saturated heterocycles. The van der Waals surface area contributed by atoms with Crippen molar-refractivity contribution in [3.8, 4) is 5.75 Å². The summed E-state index contributed by atoms with van der Waals surface area (Å²) in [6.07, 6.45) is -1.40. The lowest BCUT2D eigenvalue weighted by Gasteiger charge is -2.32. The van der Waals surface area contributed by atoms with Gasteiger partial charge >= 0.3 is 6.18 Å². The Morgan fingerprint density at radius 3 is 2.57 bits per heavy atom. The molecule has 2 aliphatic rings. The number of halogens is 3. The van der Waals surface area contributed by atoms with E-state index in [1.165, 1.54) is 0 Å². The zero-order valence-electron chi connectivity index (χ0n) is 17.6. The molecule has 1 N–H and O–H groups in total. The molecule has 8 heteroatoms. The van der Waals surface area contributed by atoms with Gasteiger partial charge in [0.15, 0.2) is 6.61 Å². The lowest BCUT2D eigenvalue weighted by atomic mass is 9.83. The van der Waals surface area contributed by atoms with E-state index in [0.29, 0.717) is 5.75 Å². The first-order chi connectivity index (χ1) is 14.0. The summed E-state index contributed by atoms with van der Waals surface area (Å²) in [4.78, 5) is 12.7. The van der Waals surface area contributed by atoms with Crippen molar-refractivity contribution in [2.45, 2.75) is 77.1 Å². The second-order valence-electron chi connectivity index (χ2n) is 8.61. The fourth-order valence-electron chi connectivity index (χ4n) is 4.16. The Morgan fingerprint density at radius 1 is 1.30 bits per heavy atom. The number of alkyl halides is 3. The number of ether oxygens (including phenoxy) is 1. The number of benzene rings is 1. The molecule has 3 rings (SSSR count). The first kappa shape index (κ1) is 22.6. The van der Waals surface area contributed by atoms with E-state index in [9.17, 15) is 23.1 Å². The summed E-state index contributed by atoms with van der Waals surface area (Å²) >= 11 is 0. The fourth-order valence-corrected chi connectivity index (χ4v) is 4.16. The first-order valence-electron chi connectivity index (χ1n) is 10.5. The maximum atomic E-state index is 13.7. The van der Waals surface area contributed by atoms with E-state index >= 15 is 0 Å². The number of nitrogens with zero attached hydrogens (tertiary/aromatic N) is 2. The molecule has 1 fully saturated rings. The van der Waals surface area contributed by atoms with E-state index < -0.39 is 30.8 Å². The van der Waals surface area contributed by atoms with Gasteiger partial charge in [-0.05, 0) is 48.8 Å². The average Bonchev–Trinajstić information content (AvgIpc) is 3.05. The highest BCUT2D eigenvalue weighted by Gasteiger charge is 2.63. The zero-order chi connectivity index (χ0) is 22.1. The predicted molar refractivity (Wildman–Crippen MR) is 107 cm³/mol. The van der Waals surface area contributed by atoms with Crippen molar-refractivity contribution < 1.29 is 27.8 Å². The molecule has 1 aliphatic heterocycles. The topological polar surface area (TPSA) is 62.1 Å². The highest BCUT2D eigenvalue weighted by molar-refractivity contribution is 5.92. The van der Waals surface area contributed by atoms with Crippen LogP contribution >= 0.6 is 0 Å². The van der Waals surface area contributed by atoms with Crippen LogP contribution in [0.4, 0.5) is 13.2 Å². The highest BCUT2D eigenvalue weighted by atomic mass is 19.4. The number of carbonyl (C=O) groups excluding carboxylic acids is 1. The quantitative estimate of drug-likeness (QED) is 0.727. The van der Waals surface area contributed by atoms with Crippen LogP contribution in [0, 0.1) is 12.8 Å². The molecule has 0 aromatic heterocycles. The van der Waals surface area contributed by atoms with Crippen molar-refractivity contribution in [1.82, 2.24) is 5.01 Å². The van der Waals surface area contributed by atoms with E-state index in [0.717, 1.165) is 43.2 Å². The minimum Gasteiger partial charge on any atom is -0.483 e. The Balaban J connectivity index is 1.81. The monoisotopic (exact) mass is 426 g/mol. The molecule has 30 heavy (non-hydrogen) atoms. The molecule has 0 bridgehead atoms. The van der Waals surface area contributed by atoms with Crippen molar-refractivity contribution in [3.63, 3.8) is 0 Å². The summed E-state index contributed by atoms with van der Waals surface area (Å²) in [7, 11) is 0. The van der Waals surface area contributed by atoms with Crippen molar-refractivity contribution in [1.29, 1.82) is 0 Å². The summed E-state index contributed by atoms with van der Waals surface area (Å²) in [6.45, 7) is 5.15. The third-order valence-electron chi connectivity index (χ3n) is 5.92. The molecule has 0 radical (unpaired) electrons. The maximum Gasteiger partial charge on any atom is 0.438 e. The summed E-state index contributed by atoms with van der Waals surface area (Å²) < 4.78 is 46.8. The first-order valence-corrected chi connectivity index (χ1v) is 10.5. The molecular weight excluding hydrogens is 397 g/mol. The van der Waals surface area contributed by atoms with Crippen LogP contribution in [-0.2, 0) is 4.79 Å². The van der Waals surface area contributed by atoms with E-state index in [4.69, 9.17) is 4.74 Å². The second-order valence-corrected chi connectivity index (χ2v) is 8.61. The number of amides is 1. The third-order valence-corrected chi connectivity index (χ3v) is 5.92. The normalized spacial score (nSPS) is 23.1. The van der Waals surface area contributed by atoms with Crippen LogP contribution in [0.2, 0.25) is 0 Å². The van der Waals surface area contributed by atoms with Crippen LogP contribution in [0.25, 0.3) is 0 Å². The van der Waals surface area contributed by atoms with Gasteiger partial charge in [0.1, 0.15) is 5.75 Å². The maximum absolute atomic E-state index is 13.7. The van der Waals surface area contributed by atoms with Crippen LogP contribution in [0.3, 0.4) is 0 Å². The SMILES string of the molecule is Cc1ccc(C(C)C)c(OCC(=O)N2N=C(C3CCCCC3)C[C@]2(O)C(F)(F)F)c1. The molecule has 1 aromatic carbocycles. The average molecular weight is 426 g/mol. The van der Waals surface area contributed by atoms with Crippen molar-refractivity contribution in [3.05, 3.63) is 29.3 Å². The van der Waals surface area contributed by atoms with Gasteiger partial charge in [-0.15, -0.1) is 0 Å². The van der Waals surface area contributed by atoms with Gasteiger partial charge in [0.2, 0.25) is 0 Å². The van der Waals surface area contributed by atoms with E-state index in [1.807, 2.05) is 32.9 Å². The molecule has 0 unspecified atom stereocenters. The smallest absolute Gasteiger partial charge is 0.438 e. The number of aryl methyl sites for hydroxylation is 1. The number of hydrogen-bond donors (Lipinski definition) is 1. The Kier molecular flexibility index (Phi) is 6.45. The van der Waals surface area contributed by atoms with Gasteiger partial charge in [-0.1, -0.05) is 45.2 Å². The lowest BCUT2D eigenvalue weighted by molar-refractivity contribution is -0.302. The number of hydrazone groups is 1. The van der Waals surface area contributed by atoms with Crippen LogP contribution in [-0.4, -0.2) is 40.2 Å². The van der Waals surface area contributed by atoms with Gasteiger partial charge in [0.05, 0.1) is 0 Å². The van der Waals surface area contributed by atoms with E-state index in [-0.39, 0.29) is 22.6 Å². The zero-order valence-corrected chi connectivity index (χ0v) is 17.6. The van der Waals surface area contributed by atoms with Crippen molar-refractivity contribution >= 4 is 11.6 Å². The number of hydrogen-bond acceptors (Lipinski definition) is 4. The van der Waals surface area contributed by atoms with Crippen LogP contribution in [0.15, 0.2) is 23.3 Å². The van der Waals surface area contributed by atoms with Gasteiger partial charge in [-0.3, -0.25) is 4.79 Å². The summed E-state index contributed by atoms with van der Waals surface area (Å²) in [6, 6.07) is 5.54. The Morgan fingerprint density at radius 2 is 1.97 bits per heavy atom. The molecule has 0 spiro atoms. The van der Waals surface area contributed by atoms with E-state index in [1.54, 1.807) is 6.07 Å². The molecule has 1 aromatic rings. The molecule has 166 valence electrons. The van der Waals surface area contributed by atoms with Crippen LogP contribution < -0.4 is 4.74 Å². The summed E-state index contributed by atoms with van der Waals surface area (Å²) in [5, 5.41) is 14.6. The molecule has 5 nitrogen and oxygen atoms in total. The molecule has 1 aliphatic carbocycles. The molecule has 1 saturated carbocycles. The summed E-state index contributed by atoms with van der Waals surface area (Å²) in [5.41, 5.74) is -1.31. The third kappa shape index (κ3) is 4.48. The highest BCUT2D eigenvalue weighted by Crippen LogP contribution is 2.43. The Hall–Kier alpha value is -2.09. The van der Waals surface area contributed by atoms with E-state index in [2.05, 4.69) is 5.10 Å². The lowest BCUT2D eigenvalue weighted by Crippen LogP contribution is -2.57. The Bertz CT molecular complexity index is 816. The van der Waals surface area contributed by atoms with Gasteiger partial charge in [-0.2, -0.15) is 23.3 Å². The minimum absolute atomic E-state index is 0.116. The van der Waals surface area contributed by atoms with Gasteiger partial charge < -0.3 is 9.84 Å². The fraction of sp³-hybridized carbons (Fsp3) is 0.636. The number of carbonyl (C=O) groups is 1. The van der Waals surface area contributed by atoms with Crippen molar-refractivity contribution in [2.24, 2.45) is 11.0 Å². The predicted octanol–water partition coefficient (Wildman–Crippen LogP) is 4.92. The van der Waals surface area contributed by atoms with Gasteiger partial charge in [-0.25, -0.2) is 0 Å². The van der Waals surface area contributed by atoms with Crippen LogP contribution in [0.1, 0.15) is 69.4 Å². The number of aliphatic hydroxyl groups is 1.